The second-order valence-electron chi connectivity index (χ2n) is 14.8. The van der Waals surface area contributed by atoms with Crippen molar-refractivity contribution in [2.24, 2.45) is 23.5 Å². The van der Waals surface area contributed by atoms with Gasteiger partial charge in [0.05, 0.1) is 18.0 Å². The number of hydrogen-bond donors (Lipinski definition) is 8. The second kappa shape index (κ2) is 23.5. The fourth-order valence-electron chi connectivity index (χ4n) is 7.98. The van der Waals surface area contributed by atoms with E-state index in [0.717, 1.165) is 76.4 Å². The highest BCUT2D eigenvalue weighted by Gasteiger charge is 2.52. The van der Waals surface area contributed by atoms with Gasteiger partial charge in [0.25, 0.3) is 0 Å². The minimum absolute atomic E-state index is 0.0210. The molecule has 1 saturated carbocycles. The van der Waals surface area contributed by atoms with Crippen molar-refractivity contribution in [2.45, 2.75) is 153 Å². The smallest absolute Gasteiger partial charge is 0.407 e. The number of carboxylic acid groups (broad SMARTS) is 1. The normalized spacial score (nSPS) is 25.2. The van der Waals surface area contributed by atoms with Gasteiger partial charge in [0.2, 0.25) is 17.7 Å². The van der Waals surface area contributed by atoms with Crippen LogP contribution < -0.4 is 37.6 Å². The van der Waals surface area contributed by atoms with Gasteiger partial charge in [-0.15, -0.1) is 0 Å². The largest absolute Gasteiger partial charge is 0.481 e. The number of rotatable bonds is 25. The van der Waals surface area contributed by atoms with Crippen molar-refractivity contribution in [3.8, 4) is 0 Å². The number of amides is 6. The Balaban J connectivity index is 1.17. The van der Waals surface area contributed by atoms with Gasteiger partial charge in [-0.25, -0.2) is 9.59 Å². The fourth-order valence-corrected chi connectivity index (χ4v) is 9.53. The topological polar surface area (TPSA) is 230 Å². The first-order valence-corrected chi connectivity index (χ1v) is 20.9. The van der Waals surface area contributed by atoms with Gasteiger partial charge in [-0.1, -0.05) is 52.4 Å². The van der Waals surface area contributed by atoms with E-state index in [-0.39, 0.29) is 48.2 Å². The average molecular weight is 768 g/mol. The Kier molecular flexibility index (Phi) is 19.6. The number of carboxylic acids is 1. The third kappa shape index (κ3) is 14.8. The number of unbranched alkanes of at least 4 members (excludes halogenated alkanes) is 6. The number of urea groups is 1. The van der Waals surface area contributed by atoms with Crippen LogP contribution >= 0.6 is 11.8 Å². The highest BCUT2D eigenvalue weighted by molar-refractivity contribution is 8.00. The molecule has 3 rings (SSSR count). The Morgan fingerprint density at radius 3 is 2.04 bits per heavy atom. The van der Waals surface area contributed by atoms with E-state index >= 15 is 0 Å². The molecule has 6 amide bonds. The zero-order chi connectivity index (χ0) is 38.8. The first kappa shape index (κ1) is 44.1. The summed E-state index contributed by atoms with van der Waals surface area (Å²) in [6, 6.07) is -0.576. The van der Waals surface area contributed by atoms with Crippen LogP contribution in [-0.4, -0.2) is 102 Å². The van der Waals surface area contributed by atoms with Crippen molar-refractivity contribution in [1.29, 1.82) is 0 Å². The van der Waals surface area contributed by atoms with E-state index in [2.05, 4.69) is 31.9 Å². The van der Waals surface area contributed by atoms with Gasteiger partial charge in [0.15, 0.2) is 0 Å². The summed E-state index contributed by atoms with van der Waals surface area (Å²) in [6.45, 7) is 7.01. The molecule has 3 aliphatic rings. The summed E-state index contributed by atoms with van der Waals surface area (Å²) >= 11 is 1.89. The minimum atomic E-state index is -1.07. The van der Waals surface area contributed by atoms with Gasteiger partial charge in [0, 0.05) is 68.4 Å². The Labute approximate surface area is 318 Å². The molecule has 302 valence electrons. The van der Waals surface area contributed by atoms with Gasteiger partial charge >= 0.3 is 18.1 Å². The predicted octanol–water partition coefficient (Wildman–Crippen LogP) is 3.15. The van der Waals surface area contributed by atoms with Crippen LogP contribution in [0.5, 0.6) is 0 Å². The third-order valence-corrected chi connectivity index (χ3v) is 12.4. The van der Waals surface area contributed by atoms with Crippen LogP contribution in [0.3, 0.4) is 0 Å². The quantitative estimate of drug-likeness (QED) is 0.0500. The SMILES string of the molecule is CCC(CC)C(NC(C)=O)C1C(N)CC(C(=O)O)C1OC(=O)NCCCCCCNC(=O)CCCCCNC(=O)CCCC[C@@H]1SC[C@@H]2NC(=O)N[C@@H]21. The van der Waals surface area contributed by atoms with Gasteiger partial charge in [-0.2, -0.15) is 11.8 Å². The maximum atomic E-state index is 12.7. The summed E-state index contributed by atoms with van der Waals surface area (Å²) in [5.41, 5.74) is 6.41. The molecule has 0 bridgehead atoms. The molecule has 0 aromatic heterocycles. The third-order valence-electron chi connectivity index (χ3n) is 10.9. The summed E-state index contributed by atoms with van der Waals surface area (Å²) < 4.78 is 5.71. The van der Waals surface area contributed by atoms with E-state index in [1.54, 1.807) is 0 Å². The van der Waals surface area contributed by atoms with Crippen LogP contribution in [0.4, 0.5) is 9.59 Å². The van der Waals surface area contributed by atoms with Crippen LogP contribution in [0.15, 0.2) is 0 Å². The van der Waals surface area contributed by atoms with Crippen LogP contribution in [0, 0.1) is 17.8 Å². The molecule has 15 nitrogen and oxygen atoms in total. The Hall–Kier alpha value is -3.27. The lowest BCUT2D eigenvalue weighted by atomic mass is 9.80. The second-order valence-corrected chi connectivity index (χ2v) is 16.1. The summed E-state index contributed by atoms with van der Waals surface area (Å²) in [7, 11) is 0. The number of nitrogens with one attached hydrogen (secondary N) is 6. The summed E-state index contributed by atoms with van der Waals surface area (Å²) in [5, 5.41) is 27.9. The van der Waals surface area contributed by atoms with E-state index in [4.69, 9.17) is 10.5 Å². The molecule has 2 saturated heterocycles. The molecule has 0 radical (unpaired) electrons. The number of nitrogens with two attached hydrogens (primary N) is 1. The van der Waals surface area contributed by atoms with Crippen LogP contribution in [0.1, 0.15) is 117 Å². The first-order chi connectivity index (χ1) is 25.4. The summed E-state index contributed by atoms with van der Waals surface area (Å²) in [4.78, 5) is 72.7. The molecular formula is C37H65N7O8S. The Morgan fingerprint density at radius 1 is 0.868 bits per heavy atom. The average Bonchev–Trinajstić information content (AvgIpc) is 3.77. The monoisotopic (exact) mass is 767 g/mol. The van der Waals surface area contributed by atoms with Crippen molar-refractivity contribution < 1.29 is 38.6 Å². The lowest BCUT2D eigenvalue weighted by Gasteiger charge is -2.36. The molecule has 3 fully saturated rings. The molecule has 2 heterocycles. The molecule has 16 heteroatoms. The van der Waals surface area contributed by atoms with Gasteiger partial charge in [0.1, 0.15) is 6.10 Å². The molecule has 0 spiro atoms. The van der Waals surface area contributed by atoms with Crippen molar-refractivity contribution in [2.75, 3.05) is 25.4 Å². The number of thioether (sulfide) groups is 1. The maximum absolute atomic E-state index is 12.7. The van der Waals surface area contributed by atoms with E-state index in [1.165, 1.54) is 6.92 Å². The molecule has 0 aromatic rings. The van der Waals surface area contributed by atoms with Crippen molar-refractivity contribution >= 4 is 47.6 Å². The molecule has 53 heavy (non-hydrogen) atoms. The highest BCUT2D eigenvalue weighted by Crippen LogP contribution is 2.39. The van der Waals surface area contributed by atoms with E-state index < -0.39 is 42.1 Å². The number of fused-ring (bicyclic) bond motifs is 1. The van der Waals surface area contributed by atoms with Crippen LogP contribution in [0.25, 0.3) is 0 Å². The lowest BCUT2D eigenvalue weighted by molar-refractivity contribution is -0.145. The predicted molar refractivity (Wildman–Crippen MR) is 204 cm³/mol. The Morgan fingerprint density at radius 2 is 1.45 bits per heavy atom. The number of carbonyl (C=O) groups is 6. The number of aliphatic carboxylic acids is 1. The number of ether oxygens (including phenoxy) is 1. The fraction of sp³-hybridized carbons (Fsp3) is 0.838. The van der Waals surface area contributed by atoms with Crippen LogP contribution in [0.2, 0.25) is 0 Å². The van der Waals surface area contributed by atoms with E-state index in [0.29, 0.717) is 44.1 Å². The standard InChI is InChI=1S/C37H65N7O8S/c1-4-24(5-2)32(42-23(3)45)31-26(38)21-25(35(48)49)34(31)52-37(51)41-20-13-7-6-12-18-39-29(46)16-9-8-14-19-40-30(47)17-11-10-15-28-33-27(22-53-28)43-36(50)44-33/h24-28,31-34H,4-22,38H2,1-3H3,(H,39,46)(H,40,47)(H,41,51)(H,42,45)(H,48,49)(H2,43,44,50)/t25?,26?,27-,28-,31?,32?,33-,34?/m0/s1. The Bertz CT molecular complexity index is 1210. The van der Waals surface area contributed by atoms with Gasteiger partial charge in [-0.3, -0.25) is 19.2 Å². The van der Waals surface area contributed by atoms with Gasteiger partial charge < -0.3 is 47.5 Å². The zero-order valence-electron chi connectivity index (χ0n) is 31.9. The summed E-state index contributed by atoms with van der Waals surface area (Å²) in [6.07, 6.45) is 9.51. The lowest BCUT2D eigenvalue weighted by Crippen LogP contribution is -2.53. The minimum Gasteiger partial charge on any atom is -0.481 e. The van der Waals surface area contributed by atoms with E-state index in [9.17, 15) is 33.9 Å². The summed E-state index contributed by atoms with van der Waals surface area (Å²) in [5.74, 6) is -1.68. The van der Waals surface area contributed by atoms with Crippen LogP contribution in [-0.2, 0) is 23.9 Å². The highest BCUT2D eigenvalue weighted by atomic mass is 32.2. The molecule has 8 atom stereocenters. The molecule has 5 unspecified atom stereocenters. The van der Waals surface area contributed by atoms with E-state index in [1.807, 2.05) is 25.6 Å². The van der Waals surface area contributed by atoms with Crippen molar-refractivity contribution in [3.05, 3.63) is 0 Å². The van der Waals surface area contributed by atoms with Crippen molar-refractivity contribution in [3.63, 3.8) is 0 Å². The maximum Gasteiger partial charge on any atom is 0.407 e. The first-order valence-electron chi connectivity index (χ1n) is 19.9. The zero-order valence-corrected chi connectivity index (χ0v) is 32.7. The molecule has 1 aliphatic carbocycles. The molecular weight excluding hydrogens is 703 g/mol. The number of alkyl carbamates (subject to hydrolysis) is 1. The van der Waals surface area contributed by atoms with Crippen molar-refractivity contribution in [1.82, 2.24) is 31.9 Å². The van der Waals surface area contributed by atoms with Gasteiger partial charge in [-0.05, 0) is 50.9 Å². The number of hydrogen-bond acceptors (Lipinski definition) is 9. The molecule has 2 aliphatic heterocycles. The molecule has 9 N–H and O–H groups in total. The number of carbonyl (C=O) groups excluding carboxylic acids is 5. The molecule has 0 aromatic carbocycles.